The van der Waals surface area contributed by atoms with Gasteiger partial charge in [-0.3, -0.25) is 4.98 Å². The summed E-state index contributed by atoms with van der Waals surface area (Å²) in [6, 6.07) is 3.79. The minimum Gasteiger partial charge on any atom is -0.490 e. The van der Waals surface area contributed by atoms with E-state index in [0.29, 0.717) is 12.0 Å². The van der Waals surface area contributed by atoms with E-state index < -0.39 is 0 Å². The highest BCUT2D eigenvalue weighted by Crippen LogP contribution is 2.28. The number of aromatic nitrogens is 1. The van der Waals surface area contributed by atoms with Crippen molar-refractivity contribution in [3.05, 3.63) is 24.5 Å². The van der Waals surface area contributed by atoms with E-state index in [2.05, 4.69) is 4.98 Å². The van der Waals surface area contributed by atoms with Gasteiger partial charge in [0.2, 0.25) is 0 Å². The van der Waals surface area contributed by atoms with Crippen molar-refractivity contribution in [1.82, 2.24) is 4.98 Å². The van der Waals surface area contributed by atoms with Crippen LogP contribution in [0.4, 0.5) is 0 Å². The van der Waals surface area contributed by atoms with E-state index in [9.17, 15) is 0 Å². The summed E-state index contributed by atoms with van der Waals surface area (Å²) in [7, 11) is 0. The highest BCUT2D eigenvalue weighted by Gasteiger charge is 2.27. The van der Waals surface area contributed by atoms with Gasteiger partial charge in [0, 0.05) is 18.3 Å². The summed E-state index contributed by atoms with van der Waals surface area (Å²) in [6.45, 7) is 0.732. The lowest BCUT2D eigenvalue weighted by Crippen LogP contribution is -2.27. The summed E-state index contributed by atoms with van der Waals surface area (Å²) in [5.74, 6) is 1.44. The second kappa shape index (κ2) is 4.42. The summed E-state index contributed by atoms with van der Waals surface area (Å²) in [4.78, 5) is 3.95. The normalized spacial score (nSPS) is 26.4. The molecule has 2 atom stereocenters. The van der Waals surface area contributed by atoms with E-state index in [1.54, 1.807) is 12.4 Å². The molecule has 0 amide bonds. The Morgan fingerprint density at radius 2 is 2.14 bits per heavy atom. The topological polar surface area (TPSA) is 48.1 Å². The third kappa shape index (κ3) is 2.04. The van der Waals surface area contributed by atoms with Crippen LogP contribution in [0.15, 0.2) is 24.5 Å². The molecule has 1 saturated carbocycles. The van der Waals surface area contributed by atoms with Crippen molar-refractivity contribution in [2.75, 3.05) is 6.54 Å². The molecule has 3 nitrogen and oxygen atoms in total. The zero-order valence-corrected chi connectivity index (χ0v) is 8.23. The molecule has 0 bridgehead atoms. The first kappa shape index (κ1) is 9.46. The van der Waals surface area contributed by atoms with Gasteiger partial charge in [0.05, 0.1) is 0 Å². The van der Waals surface area contributed by atoms with Crippen LogP contribution >= 0.6 is 0 Å². The molecule has 2 unspecified atom stereocenters. The number of rotatable bonds is 3. The van der Waals surface area contributed by atoms with Gasteiger partial charge < -0.3 is 10.5 Å². The summed E-state index contributed by atoms with van der Waals surface area (Å²) in [5.41, 5.74) is 5.69. The molecule has 0 aliphatic heterocycles. The van der Waals surface area contributed by atoms with E-state index in [1.807, 2.05) is 12.1 Å². The van der Waals surface area contributed by atoms with Crippen molar-refractivity contribution in [3.63, 3.8) is 0 Å². The number of nitrogens with zero attached hydrogens (tertiary/aromatic N) is 1. The molecule has 1 aromatic heterocycles. The largest absolute Gasteiger partial charge is 0.490 e. The lowest BCUT2D eigenvalue weighted by molar-refractivity contribution is 0.162. The van der Waals surface area contributed by atoms with Crippen molar-refractivity contribution in [2.45, 2.75) is 25.4 Å². The van der Waals surface area contributed by atoms with Gasteiger partial charge in [0.15, 0.2) is 0 Å². The molecule has 1 heterocycles. The van der Waals surface area contributed by atoms with Gasteiger partial charge in [-0.15, -0.1) is 0 Å². The van der Waals surface area contributed by atoms with Crippen LogP contribution in [-0.4, -0.2) is 17.6 Å². The smallest absolute Gasteiger partial charge is 0.122 e. The quantitative estimate of drug-likeness (QED) is 0.791. The van der Waals surface area contributed by atoms with Gasteiger partial charge in [-0.25, -0.2) is 0 Å². The fourth-order valence-electron chi connectivity index (χ4n) is 2.02. The van der Waals surface area contributed by atoms with Crippen molar-refractivity contribution in [1.29, 1.82) is 0 Å². The minimum atomic E-state index is 0.308. The molecule has 1 aliphatic carbocycles. The number of hydrogen-bond donors (Lipinski definition) is 1. The highest BCUT2D eigenvalue weighted by molar-refractivity contribution is 5.17. The van der Waals surface area contributed by atoms with Crippen molar-refractivity contribution in [3.8, 4) is 5.75 Å². The summed E-state index contributed by atoms with van der Waals surface area (Å²) < 4.78 is 5.86. The number of pyridine rings is 1. The Bertz CT molecular complexity index is 276. The summed E-state index contributed by atoms with van der Waals surface area (Å²) in [5, 5.41) is 0. The second-order valence-corrected chi connectivity index (χ2v) is 3.77. The van der Waals surface area contributed by atoms with Crippen LogP contribution in [0.1, 0.15) is 19.3 Å². The van der Waals surface area contributed by atoms with Gasteiger partial charge in [0.25, 0.3) is 0 Å². The summed E-state index contributed by atoms with van der Waals surface area (Å²) >= 11 is 0. The van der Waals surface area contributed by atoms with Gasteiger partial charge >= 0.3 is 0 Å². The third-order valence-corrected chi connectivity index (χ3v) is 2.83. The molecule has 1 aliphatic rings. The van der Waals surface area contributed by atoms with Crippen LogP contribution in [0.3, 0.4) is 0 Å². The standard InChI is InChI=1S/C11H16N2O/c12-8-9-2-1-3-11(9)14-10-4-6-13-7-5-10/h4-7,9,11H,1-3,8,12H2. The Labute approximate surface area is 84.3 Å². The van der Waals surface area contributed by atoms with Gasteiger partial charge in [-0.2, -0.15) is 0 Å². The zero-order valence-electron chi connectivity index (χ0n) is 8.23. The van der Waals surface area contributed by atoms with E-state index in [0.717, 1.165) is 18.7 Å². The lowest BCUT2D eigenvalue weighted by atomic mass is 10.1. The third-order valence-electron chi connectivity index (χ3n) is 2.83. The molecule has 2 N–H and O–H groups in total. The maximum atomic E-state index is 5.86. The SMILES string of the molecule is NCC1CCCC1Oc1ccncc1. The molecule has 3 heteroatoms. The van der Waals surface area contributed by atoms with Crippen LogP contribution in [-0.2, 0) is 0 Å². The van der Waals surface area contributed by atoms with Crippen LogP contribution in [0, 0.1) is 5.92 Å². The van der Waals surface area contributed by atoms with Crippen LogP contribution in [0.25, 0.3) is 0 Å². The molecule has 0 aromatic carbocycles. The first-order valence-corrected chi connectivity index (χ1v) is 5.17. The summed E-state index contributed by atoms with van der Waals surface area (Å²) in [6.07, 6.45) is 7.37. The Hall–Kier alpha value is -1.09. The molecule has 14 heavy (non-hydrogen) atoms. The average Bonchev–Trinajstić information content (AvgIpc) is 2.67. The molecular formula is C11H16N2O. The Kier molecular flexibility index (Phi) is 2.99. The second-order valence-electron chi connectivity index (χ2n) is 3.77. The van der Waals surface area contributed by atoms with Crippen molar-refractivity contribution >= 4 is 0 Å². The molecular weight excluding hydrogens is 176 g/mol. The Morgan fingerprint density at radius 1 is 1.36 bits per heavy atom. The highest BCUT2D eigenvalue weighted by atomic mass is 16.5. The monoisotopic (exact) mass is 192 g/mol. The van der Waals surface area contributed by atoms with Crippen LogP contribution in [0.2, 0.25) is 0 Å². The molecule has 0 spiro atoms. The molecule has 0 radical (unpaired) electrons. The van der Waals surface area contributed by atoms with Gasteiger partial charge in [0.1, 0.15) is 11.9 Å². The number of nitrogens with two attached hydrogens (primary N) is 1. The van der Waals surface area contributed by atoms with E-state index in [4.69, 9.17) is 10.5 Å². The average molecular weight is 192 g/mol. The predicted molar refractivity (Wildman–Crippen MR) is 55.0 cm³/mol. The van der Waals surface area contributed by atoms with Gasteiger partial charge in [-0.1, -0.05) is 0 Å². The molecule has 1 aromatic rings. The van der Waals surface area contributed by atoms with Crippen LogP contribution < -0.4 is 10.5 Å². The minimum absolute atomic E-state index is 0.308. The van der Waals surface area contributed by atoms with E-state index >= 15 is 0 Å². The number of hydrogen-bond acceptors (Lipinski definition) is 3. The van der Waals surface area contributed by atoms with Gasteiger partial charge in [-0.05, 0) is 37.9 Å². The molecule has 2 rings (SSSR count). The first-order valence-electron chi connectivity index (χ1n) is 5.17. The maximum absolute atomic E-state index is 5.86. The van der Waals surface area contributed by atoms with Crippen molar-refractivity contribution in [2.24, 2.45) is 11.7 Å². The molecule has 0 saturated heterocycles. The number of ether oxygens (including phenoxy) is 1. The predicted octanol–water partition coefficient (Wildman–Crippen LogP) is 1.59. The Morgan fingerprint density at radius 3 is 2.86 bits per heavy atom. The van der Waals surface area contributed by atoms with Crippen molar-refractivity contribution < 1.29 is 4.74 Å². The zero-order chi connectivity index (χ0) is 9.80. The van der Waals surface area contributed by atoms with E-state index in [1.165, 1.54) is 12.8 Å². The first-order chi connectivity index (χ1) is 6.90. The fourth-order valence-corrected chi connectivity index (χ4v) is 2.02. The fraction of sp³-hybridized carbons (Fsp3) is 0.545. The van der Waals surface area contributed by atoms with E-state index in [-0.39, 0.29) is 0 Å². The Balaban J connectivity index is 1.97. The lowest BCUT2D eigenvalue weighted by Gasteiger charge is -2.19. The molecule has 1 fully saturated rings. The van der Waals surface area contributed by atoms with Crippen LogP contribution in [0.5, 0.6) is 5.75 Å². The maximum Gasteiger partial charge on any atom is 0.122 e. The molecule has 76 valence electrons.